The van der Waals surface area contributed by atoms with E-state index in [1.807, 2.05) is 0 Å². The average molecular weight is 293 g/mol. The lowest BCUT2D eigenvalue weighted by Crippen LogP contribution is -2.40. The van der Waals surface area contributed by atoms with Gasteiger partial charge in [0.25, 0.3) is 0 Å². The molecule has 2 rings (SSSR count). The molecule has 1 fully saturated rings. The summed E-state index contributed by atoms with van der Waals surface area (Å²) in [5.74, 6) is -0.647. The Balaban J connectivity index is 1.94. The van der Waals surface area contributed by atoms with Gasteiger partial charge in [-0.1, -0.05) is 0 Å². The Morgan fingerprint density at radius 1 is 1.60 bits per heavy atom. The minimum atomic E-state index is -0.896. The maximum absolute atomic E-state index is 12.0. The predicted molar refractivity (Wildman–Crippen MR) is 73.0 cm³/mol. The Morgan fingerprint density at radius 3 is 2.90 bits per heavy atom. The fourth-order valence-corrected chi connectivity index (χ4v) is 2.65. The molecular formula is C13H15N3O3S. The quantitative estimate of drug-likeness (QED) is 0.837. The summed E-state index contributed by atoms with van der Waals surface area (Å²) in [5, 5.41) is 13.8. The molecule has 7 heteroatoms. The standard InChI is InChI=1S/C13H15N3O3S/c1-2-19-10(17)6-9-7-20-12(15-9)16-11(18)13(8-14)4-3-5-13/h7H,2-6H2,1H3,(H,15,16,18). The number of hydrogen-bond donors (Lipinski definition) is 1. The third kappa shape index (κ3) is 2.96. The van der Waals surface area contributed by atoms with Crippen molar-refractivity contribution in [2.75, 3.05) is 11.9 Å². The molecule has 1 saturated carbocycles. The fraction of sp³-hybridized carbons (Fsp3) is 0.538. The molecular weight excluding hydrogens is 278 g/mol. The third-order valence-corrected chi connectivity index (χ3v) is 4.07. The number of nitrogens with one attached hydrogen (secondary N) is 1. The molecule has 0 aliphatic heterocycles. The first-order chi connectivity index (χ1) is 9.59. The zero-order valence-corrected chi connectivity index (χ0v) is 12.0. The highest BCUT2D eigenvalue weighted by atomic mass is 32.1. The van der Waals surface area contributed by atoms with Gasteiger partial charge in [-0.25, -0.2) is 4.98 Å². The van der Waals surface area contributed by atoms with Gasteiger partial charge in [-0.05, 0) is 26.2 Å². The van der Waals surface area contributed by atoms with Crippen molar-refractivity contribution in [3.63, 3.8) is 0 Å². The lowest BCUT2D eigenvalue weighted by Gasteiger charge is -2.32. The summed E-state index contributed by atoms with van der Waals surface area (Å²) < 4.78 is 4.83. The Morgan fingerprint density at radius 2 is 2.35 bits per heavy atom. The van der Waals surface area contributed by atoms with Crippen LogP contribution < -0.4 is 5.32 Å². The van der Waals surface area contributed by atoms with Crippen LogP contribution in [0.3, 0.4) is 0 Å². The van der Waals surface area contributed by atoms with E-state index in [9.17, 15) is 9.59 Å². The normalized spacial score (nSPS) is 15.8. The summed E-state index contributed by atoms with van der Waals surface area (Å²) in [6.07, 6.45) is 2.17. The third-order valence-electron chi connectivity index (χ3n) is 3.26. The second-order valence-corrected chi connectivity index (χ2v) is 5.49. The Kier molecular flexibility index (Phi) is 4.35. The first-order valence-electron chi connectivity index (χ1n) is 6.42. The largest absolute Gasteiger partial charge is 0.466 e. The van der Waals surface area contributed by atoms with E-state index < -0.39 is 5.41 Å². The first-order valence-corrected chi connectivity index (χ1v) is 7.30. The van der Waals surface area contributed by atoms with Crippen molar-refractivity contribution < 1.29 is 14.3 Å². The van der Waals surface area contributed by atoms with Crippen LogP contribution in [-0.4, -0.2) is 23.5 Å². The SMILES string of the molecule is CCOC(=O)Cc1csc(NC(=O)C2(C#N)CCC2)n1. The Hall–Kier alpha value is -1.94. The Labute approximate surface area is 120 Å². The van der Waals surface area contributed by atoms with Gasteiger partial charge < -0.3 is 10.1 Å². The van der Waals surface area contributed by atoms with E-state index in [-0.39, 0.29) is 18.3 Å². The molecule has 6 nitrogen and oxygen atoms in total. The molecule has 0 bridgehead atoms. The molecule has 20 heavy (non-hydrogen) atoms. The van der Waals surface area contributed by atoms with Crippen molar-refractivity contribution in [3.05, 3.63) is 11.1 Å². The van der Waals surface area contributed by atoms with E-state index in [4.69, 9.17) is 10.00 Å². The van der Waals surface area contributed by atoms with Gasteiger partial charge in [0.15, 0.2) is 5.13 Å². The van der Waals surface area contributed by atoms with Gasteiger partial charge in [0.2, 0.25) is 5.91 Å². The van der Waals surface area contributed by atoms with Crippen molar-refractivity contribution in [1.29, 1.82) is 5.26 Å². The number of amides is 1. The Bertz CT molecular complexity index is 557. The van der Waals surface area contributed by atoms with Gasteiger partial charge in [-0.3, -0.25) is 9.59 Å². The van der Waals surface area contributed by atoms with Crippen LogP contribution in [-0.2, 0) is 20.7 Å². The summed E-state index contributed by atoms with van der Waals surface area (Å²) in [5.41, 5.74) is -0.337. The summed E-state index contributed by atoms with van der Waals surface area (Å²) in [7, 11) is 0. The highest BCUT2D eigenvalue weighted by Gasteiger charge is 2.44. The molecule has 1 N–H and O–H groups in total. The van der Waals surface area contributed by atoms with Gasteiger partial charge in [-0.15, -0.1) is 11.3 Å². The average Bonchev–Trinajstić information content (AvgIpc) is 2.76. The number of ether oxygens (including phenoxy) is 1. The van der Waals surface area contributed by atoms with Gasteiger partial charge in [-0.2, -0.15) is 5.26 Å². The van der Waals surface area contributed by atoms with Crippen molar-refractivity contribution in [3.8, 4) is 6.07 Å². The van der Waals surface area contributed by atoms with Crippen molar-refractivity contribution in [1.82, 2.24) is 4.98 Å². The monoisotopic (exact) mass is 293 g/mol. The first kappa shape index (κ1) is 14.5. The fourth-order valence-electron chi connectivity index (χ4n) is 1.94. The molecule has 0 spiro atoms. The summed E-state index contributed by atoms with van der Waals surface area (Å²) in [6, 6.07) is 2.08. The van der Waals surface area contributed by atoms with E-state index in [1.54, 1.807) is 12.3 Å². The van der Waals surface area contributed by atoms with E-state index in [1.165, 1.54) is 11.3 Å². The number of nitriles is 1. The topological polar surface area (TPSA) is 92.1 Å². The lowest BCUT2D eigenvalue weighted by atomic mass is 9.69. The molecule has 0 saturated heterocycles. The van der Waals surface area contributed by atoms with E-state index in [0.717, 1.165) is 6.42 Å². The number of anilines is 1. The van der Waals surface area contributed by atoms with Gasteiger partial charge in [0, 0.05) is 5.38 Å². The molecule has 1 aliphatic rings. The molecule has 0 atom stereocenters. The number of nitrogens with zero attached hydrogens (tertiary/aromatic N) is 2. The molecule has 0 radical (unpaired) electrons. The minimum Gasteiger partial charge on any atom is -0.466 e. The highest BCUT2D eigenvalue weighted by Crippen LogP contribution is 2.41. The summed E-state index contributed by atoms with van der Waals surface area (Å²) >= 11 is 1.24. The molecule has 0 aromatic carbocycles. The molecule has 1 amide bonds. The van der Waals surface area contributed by atoms with Crippen LogP contribution in [0.5, 0.6) is 0 Å². The van der Waals surface area contributed by atoms with Gasteiger partial charge >= 0.3 is 5.97 Å². The maximum Gasteiger partial charge on any atom is 0.311 e. The van der Waals surface area contributed by atoms with Crippen molar-refractivity contribution in [2.45, 2.75) is 32.6 Å². The molecule has 0 unspecified atom stereocenters. The van der Waals surface area contributed by atoms with Crippen LogP contribution in [0, 0.1) is 16.7 Å². The molecule has 1 aromatic rings. The number of hydrogen-bond acceptors (Lipinski definition) is 6. The highest BCUT2D eigenvalue weighted by molar-refractivity contribution is 7.13. The zero-order chi connectivity index (χ0) is 14.6. The minimum absolute atomic E-state index is 0.0869. The van der Waals surface area contributed by atoms with Gasteiger partial charge in [0.1, 0.15) is 5.41 Å². The molecule has 1 aromatic heterocycles. The predicted octanol–water partition coefficient (Wildman–Crippen LogP) is 1.88. The van der Waals surface area contributed by atoms with Crippen LogP contribution in [0.2, 0.25) is 0 Å². The second-order valence-electron chi connectivity index (χ2n) is 4.63. The summed E-state index contributed by atoms with van der Waals surface area (Å²) in [4.78, 5) is 27.5. The van der Waals surface area contributed by atoms with Crippen LogP contribution in [0.15, 0.2) is 5.38 Å². The number of carbonyl (C=O) groups excluding carboxylic acids is 2. The molecule has 1 heterocycles. The number of carbonyl (C=O) groups is 2. The number of aromatic nitrogens is 1. The van der Waals surface area contributed by atoms with E-state index >= 15 is 0 Å². The van der Waals surface area contributed by atoms with E-state index in [0.29, 0.717) is 30.3 Å². The summed E-state index contributed by atoms with van der Waals surface area (Å²) in [6.45, 7) is 2.07. The van der Waals surface area contributed by atoms with Crippen LogP contribution in [0.25, 0.3) is 0 Å². The number of esters is 1. The lowest BCUT2D eigenvalue weighted by molar-refractivity contribution is -0.142. The van der Waals surface area contributed by atoms with E-state index in [2.05, 4.69) is 16.4 Å². The second kappa shape index (κ2) is 6.01. The number of thiazole rings is 1. The van der Waals surface area contributed by atoms with Crippen molar-refractivity contribution >= 4 is 28.3 Å². The van der Waals surface area contributed by atoms with Crippen LogP contribution in [0.1, 0.15) is 31.9 Å². The number of rotatable bonds is 5. The molecule has 1 aliphatic carbocycles. The zero-order valence-electron chi connectivity index (χ0n) is 11.1. The maximum atomic E-state index is 12.0. The van der Waals surface area contributed by atoms with Gasteiger partial charge in [0.05, 0.1) is 24.8 Å². The molecule has 106 valence electrons. The van der Waals surface area contributed by atoms with Crippen LogP contribution >= 0.6 is 11.3 Å². The smallest absolute Gasteiger partial charge is 0.311 e. The van der Waals surface area contributed by atoms with Crippen LogP contribution in [0.4, 0.5) is 5.13 Å². The van der Waals surface area contributed by atoms with Crippen molar-refractivity contribution in [2.24, 2.45) is 5.41 Å².